The van der Waals surface area contributed by atoms with Gasteiger partial charge in [-0.3, -0.25) is 0 Å². The van der Waals surface area contributed by atoms with Crippen molar-refractivity contribution in [2.45, 2.75) is 26.7 Å². The van der Waals surface area contributed by atoms with Gasteiger partial charge < -0.3 is 5.21 Å². The fraction of sp³-hybridized carbons (Fsp3) is 0.417. The standard InChI is InChI=1S/C12H15NO/c1-3-9-4-5-10-6-8(2)12(13-14)11(10)7-9/h4-5,7-8,14H,3,6H2,1-2H3/b13-12+. The predicted molar refractivity (Wildman–Crippen MR) is 57.0 cm³/mol. The average Bonchev–Trinajstić information content (AvgIpc) is 2.52. The van der Waals surface area contributed by atoms with Gasteiger partial charge in [0.25, 0.3) is 0 Å². The first-order valence-corrected chi connectivity index (χ1v) is 5.10. The third-order valence-corrected chi connectivity index (χ3v) is 2.96. The van der Waals surface area contributed by atoms with Crippen LogP contribution in [0.15, 0.2) is 23.4 Å². The molecule has 1 N–H and O–H groups in total. The van der Waals surface area contributed by atoms with Crippen LogP contribution in [0.3, 0.4) is 0 Å². The maximum absolute atomic E-state index is 8.93. The molecule has 0 saturated heterocycles. The predicted octanol–water partition coefficient (Wildman–Crippen LogP) is 2.62. The molecule has 1 aromatic carbocycles. The van der Waals surface area contributed by atoms with E-state index in [9.17, 15) is 0 Å². The number of rotatable bonds is 1. The molecule has 0 aromatic heterocycles. The van der Waals surface area contributed by atoms with Crippen molar-refractivity contribution in [1.82, 2.24) is 0 Å². The number of fused-ring (bicyclic) bond motifs is 1. The van der Waals surface area contributed by atoms with Crippen LogP contribution in [0, 0.1) is 5.92 Å². The highest BCUT2D eigenvalue weighted by atomic mass is 16.4. The molecule has 0 bridgehead atoms. The molecule has 2 nitrogen and oxygen atoms in total. The monoisotopic (exact) mass is 189 g/mol. The quantitative estimate of drug-likeness (QED) is 0.534. The molecule has 0 radical (unpaired) electrons. The smallest absolute Gasteiger partial charge is 0.0902 e. The highest BCUT2D eigenvalue weighted by molar-refractivity contribution is 6.05. The van der Waals surface area contributed by atoms with Crippen molar-refractivity contribution in [1.29, 1.82) is 0 Å². The Balaban J connectivity index is 2.50. The zero-order valence-electron chi connectivity index (χ0n) is 8.62. The van der Waals surface area contributed by atoms with Crippen molar-refractivity contribution in [2.24, 2.45) is 11.1 Å². The molecule has 1 aromatic rings. The number of nitrogens with zero attached hydrogens (tertiary/aromatic N) is 1. The van der Waals surface area contributed by atoms with Gasteiger partial charge in [0, 0.05) is 11.5 Å². The molecule has 0 fully saturated rings. The summed E-state index contributed by atoms with van der Waals surface area (Å²) in [7, 11) is 0. The average molecular weight is 189 g/mol. The van der Waals surface area contributed by atoms with Gasteiger partial charge in [-0.05, 0) is 30.0 Å². The van der Waals surface area contributed by atoms with Crippen LogP contribution < -0.4 is 0 Å². The maximum atomic E-state index is 8.93. The minimum atomic E-state index is 0.349. The highest BCUT2D eigenvalue weighted by Gasteiger charge is 2.25. The minimum Gasteiger partial charge on any atom is -0.411 e. The van der Waals surface area contributed by atoms with Gasteiger partial charge in [0.05, 0.1) is 5.71 Å². The lowest BCUT2D eigenvalue weighted by atomic mass is 10.0. The van der Waals surface area contributed by atoms with Crippen LogP contribution in [0.2, 0.25) is 0 Å². The second-order valence-electron chi connectivity index (χ2n) is 3.94. The lowest BCUT2D eigenvalue weighted by Crippen LogP contribution is -2.05. The molecule has 1 atom stereocenters. The molecular formula is C12H15NO. The topological polar surface area (TPSA) is 32.6 Å². The van der Waals surface area contributed by atoms with Crippen molar-refractivity contribution in [2.75, 3.05) is 0 Å². The van der Waals surface area contributed by atoms with Gasteiger partial charge in [-0.2, -0.15) is 0 Å². The summed E-state index contributed by atoms with van der Waals surface area (Å²) in [6.45, 7) is 4.23. The van der Waals surface area contributed by atoms with E-state index in [0.29, 0.717) is 5.92 Å². The van der Waals surface area contributed by atoms with Crippen LogP contribution in [-0.4, -0.2) is 10.9 Å². The number of oxime groups is 1. The van der Waals surface area contributed by atoms with Gasteiger partial charge in [0.1, 0.15) is 0 Å². The third-order valence-electron chi connectivity index (χ3n) is 2.96. The number of benzene rings is 1. The van der Waals surface area contributed by atoms with Crippen molar-refractivity contribution < 1.29 is 5.21 Å². The lowest BCUT2D eigenvalue weighted by Gasteiger charge is -2.02. The van der Waals surface area contributed by atoms with E-state index >= 15 is 0 Å². The van der Waals surface area contributed by atoms with Crippen LogP contribution in [0.4, 0.5) is 0 Å². The van der Waals surface area contributed by atoms with Crippen LogP contribution >= 0.6 is 0 Å². The number of hydrogen-bond donors (Lipinski definition) is 1. The molecule has 2 heteroatoms. The fourth-order valence-corrected chi connectivity index (χ4v) is 2.10. The Kier molecular flexibility index (Phi) is 2.28. The molecule has 0 aliphatic heterocycles. The van der Waals surface area contributed by atoms with Crippen LogP contribution in [0.1, 0.15) is 30.5 Å². The van der Waals surface area contributed by atoms with E-state index in [1.807, 2.05) is 0 Å². The molecule has 0 saturated carbocycles. The largest absolute Gasteiger partial charge is 0.411 e. The van der Waals surface area contributed by atoms with E-state index in [4.69, 9.17) is 5.21 Å². The Hall–Kier alpha value is -1.31. The maximum Gasteiger partial charge on any atom is 0.0902 e. The summed E-state index contributed by atoms with van der Waals surface area (Å²) in [4.78, 5) is 0. The van der Waals surface area contributed by atoms with Gasteiger partial charge >= 0.3 is 0 Å². The summed E-state index contributed by atoms with van der Waals surface area (Å²) in [6.07, 6.45) is 2.03. The van der Waals surface area contributed by atoms with Crippen LogP contribution in [0.25, 0.3) is 0 Å². The summed E-state index contributed by atoms with van der Waals surface area (Å²) < 4.78 is 0. The Labute approximate surface area is 84.3 Å². The molecular weight excluding hydrogens is 174 g/mol. The Morgan fingerprint density at radius 2 is 2.29 bits per heavy atom. The second kappa shape index (κ2) is 3.45. The summed E-state index contributed by atoms with van der Waals surface area (Å²) in [5, 5.41) is 12.3. The highest BCUT2D eigenvalue weighted by Crippen LogP contribution is 2.28. The van der Waals surface area contributed by atoms with Crippen LogP contribution in [0.5, 0.6) is 0 Å². The van der Waals surface area contributed by atoms with Crippen LogP contribution in [-0.2, 0) is 12.8 Å². The Morgan fingerprint density at radius 3 is 2.93 bits per heavy atom. The summed E-state index contributed by atoms with van der Waals surface area (Å²) in [6, 6.07) is 6.46. The normalized spacial score (nSPS) is 22.7. The Morgan fingerprint density at radius 1 is 1.50 bits per heavy atom. The van der Waals surface area contributed by atoms with Crippen molar-refractivity contribution in [3.05, 3.63) is 34.9 Å². The summed E-state index contributed by atoms with van der Waals surface area (Å²) in [5.41, 5.74) is 4.59. The second-order valence-corrected chi connectivity index (χ2v) is 3.94. The van der Waals surface area contributed by atoms with Gasteiger partial charge in [0.2, 0.25) is 0 Å². The van der Waals surface area contributed by atoms with Gasteiger partial charge in [0.15, 0.2) is 0 Å². The molecule has 74 valence electrons. The summed E-state index contributed by atoms with van der Waals surface area (Å²) >= 11 is 0. The SMILES string of the molecule is CCc1ccc2c(c1)/C(=N/O)C(C)C2. The first kappa shape index (κ1) is 9.25. The first-order valence-electron chi connectivity index (χ1n) is 5.10. The minimum absolute atomic E-state index is 0.349. The van der Waals surface area contributed by atoms with E-state index in [0.717, 1.165) is 24.1 Å². The molecule has 1 aliphatic rings. The van der Waals surface area contributed by atoms with E-state index < -0.39 is 0 Å². The molecule has 0 spiro atoms. The number of aryl methyl sites for hydroxylation is 1. The van der Waals surface area contributed by atoms with E-state index in [1.165, 1.54) is 11.1 Å². The molecule has 0 amide bonds. The molecule has 0 heterocycles. The number of hydrogen-bond acceptors (Lipinski definition) is 2. The van der Waals surface area contributed by atoms with Crippen molar-refractivity contribution in [3.63, 3.8) is 0 Å². The fourth-order valence-electron chi connectivity index (χ4n) is 2.10. The lowest BCUT2D eigenvalue weighted by molar-refractivity contribution is 0.316. The van der Waals surface area contributed by atoms with Gasteiger partial charge in [-0.25, -0.2) is 0 Å². The van der Waals surface area contributed by atoms with Gasteiger partial charge in [-0.15, -0.1) is 0 Å². The van der Waals surface area contributed by atoms with E-state index in [-0.39, 0.29) is 0 Å². The Bertz CT molecular complexity index is 382. The first-order chi connectivity index (χ1) is 6.76. The molecule has 1 unspecified atom stereocenters. The molecule has 1 aliphatic carbocycles. The zero-order valence-corrected chi connectivity index (χ0v) is 8.62. The van der Waals surface area contributed by atoms with Crippen molar-refractivity contribution in [3.8, 4) is 0 Å². The molecule has 14 heavy (non-hydrogen) atoms. The van der Waals surface area contributed by atoms with E-state index in [1.54, 1.807) is 0 Å². The molecule has 2 rings (SSSR count). The zero-order chi connectivity index (χ0) is 10.1. The third kappa shape index (κ3) is 1.31. The summed E-state index contributed by atoms with van der Waals surface area (Å²) in [5.74, 6) is 0.349. The van der Waals surface area contributed by atoms with E-state index in [2.05, 4.69) is 37.2 Å². The van der Waals surface area contributed by atoms with Gasteiger partial charge in [-0.1, -0.05) is 31.1 Å². The van der Waals surface area contributed by atoms with Crippen molar-refractivity contribution >= 4 is 5.71 Å².